The zero-order chi connectivity index (χ0) is 28.6. The first-order chi connectivity index (χ1) is 18.1. The van der Waals surface area contributed by atoms with Gasteiger partial charge in [-0.25, -0.2) is 13.4 Å². The fraction of sp³-hybridized carbons (Fsp3) is 0.292. The number of alkyl halides is 6. The van der Waals surface area contributed by atoms with Crippen LogP contribution < -0.4 is 14.2 Å². The van der Waals surface area contributed by atoms with Gasteiger partial charge in [-0.05, 0) is 71.9 Å². The fourth-order valence-electron chi connectivity index (χ4n) is 3.76. The average Bonchev–Trinajstić information content (AvgIpc) is 3.23. The van der Waals surface area contributed by atoms with E-state index in [4.69, 9.17) is 9.47 Å². The standard InChI is InChI=1S/C24H20BrF6N3O4S/c1-34-9-8-17(13-34)37-21-10-15(4-7-19(21)24(29,30)31)33-39(35,36)18-11-20(25)22(32-12-18)38-16-5-2-14(3-6-16)23(26,27)28/h2-7,10-12,17,33H,8-9,13H2,1H3/t17-/m1/s1. The smallest absolute Gasteiger partial charge is 0.419 e. The number of nitrogens with one attached hydrogen (secondary N) is 1. The third kappa shape index (κ3) is 7.13. The molecule has 1 aromatic heterocycles. The third-order valence-corrected chi connectivity index (χ3v) is 7.59. The molecule has 7 nitrogen and oxygen atoms in total. The summed E-state index contributed by atoms with van der Waals surface area (Å²) in [6.07, 6.45) is -8.27. The number of hydrogen-bond donors (Lipinski definition) is 1. The number of benzene rings is 2. The summed E-state index contributed by atoms with van der Waals surface area (Å²) >= 11 is 3.12. The molecular weight excluding hydrogens is 620 g/mol. The van der Waals surface area contributed by atoms with Gasteiger partial charge < -0.3 is 14.4 Å². The van der Waals surface area contributed by atoms with E-state index in [2.05, 4.69) is 25.6 Å². The summed E-state index contributed by atoms with van der Waals surface area (Å²) < 4.78 is 118. The Morgan fingerprint density at radius 1 is 1.03 bits per heavy atom. The SMILES string of the molecule is CN1CC[C@@H](Oc2cc(NS(=O)(=O)c3cnc(Oc4ccc(C(F)(F)F)cc4)c(Br)c3)ccc2C(F)(F)F)C1. The van der Waals surface area contributed by atoms with Crippen LogP contribution in [-0.4, -0.2) is 44.5 Å². The summed E-state index contributed by atoms with van der Waals surface area (Å²) in [7, 11) is -2.51. The minimum Gasteiger partial charge on any atom is -0.488 e. The van der Waals surface area contributed by atoms with E-state index in [1.807, 2.05) is 11.9 Å². The first-order valence-corrected chi connectivity index (χ1v) is 13.5. The highest BCUT2D eigenvalue weighted by atomic mass is 79.9. The van der Waals surface area contributed by atoms with E-state index < -0.39 is 45.4 Å². The second-order valence-corrected chi connectivity index (χ2v) is 11.2. The zero-order valence-corrected chi connectivity index (χ0v) is 22.4. The Morgan fingerprint density at radius 2 is 1.72 bits per heavy atom. The Hall–Kier alpha value is -3.04. The number of likely N-dealkylation sites (N-methyl/N-ethyl adjacent to an activating group) is 1. The van der Waals surface area contributed by atoms with E-state index in [-0.39, 0.29) is 26.7 Å². The molecule has 0 spiro atoms. The maximum absolute atomic E-state index is 13.5. The molecule has 15 heteroatoms. The topological polar surface area (TPSA) is 80.8 Å². The molecule has 1 aliphatic heterocycles. The lowest BCUT2D eigenvalue weighted by Gasteiger charge is -2.19. The average molecular weight is 640 g/mol. The van der Waals surface area contributed by atoms with Gasteiger partial charge in [-0.15, -0.1) is 0 Å². The summed E-state index contributed by atoms with van der Waals surface area (Å²) in [5.41, 5.74) is -2.07. The summed E-state index contributed by atoms with van der Waals surface area (Å²) in [6, 6.07) is 7.61. The Labute approximate surface area is 227 Å². The lowest BCUT2D eigenvalue weighted by Crippen LogP contribution is -2.23. The van der Waals surface area contributed by atoms with Crippen molar-refractivity contribution < 1.29 is 44.2 Å². The summed E-state index contributed by atoms with van der Waals surface area (Å²) in [4.78, 5) is 5.45. The van der Waals surface area contributed by atoms with Crippen LogP contribution in [0.2, 0.25) is 0 Å². The van der Waals surface area contributed by atoms with Crippen LogP contribution in [0.5, 0.6) is 17.4 Å². The highest BCUT2D eigenvalue weighted by Gasteiger charge is 2.36. The minimum absolute atomic E-state index is 0.0238. The molecule has 0 aliphatic carbocycles. The van der Waals surface area contributed by atoms with E-state index in [9.17, 15) is 34.8 Å². The van der Waals surface area contributed by atoms with Crippen molar-refractivity contribution in [3.05, 3.63) is 70.3 Å². The van der Waals surface area contributed by atoms with Gasteiger partial charge in [-0.2, -0.15) is 26.3 Å². The van der Waals surface area contributed by atoms with E-state index in [0.29, 0.717) is 19.5 Å². The first kappa shape index (κ1) is 29.0. The Kier molecular flexibility index (Phi) is 8.06. The predicted molar refractivity (Wildman–Crippen MR) is 132 cm³/mol. The minimum atomic E-state index is -4.71. The van der Waals surface area contributed by atoms with Gasteiger partial charge in [-0.3, -0.25) is 4.72 Å². The number of sulfonamides is 1. The van der Waals surface area contributed by atoms with Gasteiger partial charge in [0.05, 0.1) is 27.5 Å². The zero-order valence-electron chi connectivity index (χ0n) is 20.0. The Bertz CT molecular complexity index is 1450. The maximum Gasteiger partial charge on any atom is 0.419 e. The summed E-state index contributed by atoms with van der Waals surface area (Å²) in [6.45, 7) is 1.08. The normalized spacial score (nSPS) is 16.8. The molecule has 1 atom stereocenters. The van der Waals surface area contributed by atoms with Gasteiger partial charge in [0.2, 0.25) is 5.88 Å². The maximum atomic E-state index is 13.5. The van der Waals surface area contributed by atoms with Crippen molar-refractivity contribution in [1.29, 1.82) is 0 Å². The van der Waals surface area contributed by atoms with Crippen molar-refractivity contribution in [1.82, 2.24) is 9.88 Å². The van der Waals surface area contributed by atoms with Gasteiger partial charge in [0.25, 0.3) is 10.0 Å². The Morgan fingerprint density at radius 3 is 2.28 bits per heavy atom. The van der Waals surface area contributed by atoms with Crippen LogP contribution in [0.3, 0.4) is 0 Å². The molecule has 3 aromatic rings. The van der Waals surface area contributed by atoms with Crippen LogP contribution >= 0.6 is 15.9 Å². The van der Waals surface area contributed by atoms with E-state index in [1.165, 1.54) is 0 Å². The number of hydrogen-bond acceptors (Lipinski definition) is 6. The predicted octanol–water partition coefficient (Wildman–Crippen LogP) is 6.56. The monoisotopic (exact) mass is 639 g/mol. The molecule has 2 aromatic carbocycles. The quantitative estimate of drug-likeness (QED) is 0.295. The summed E-state index contributed by atoms with van der Waals surface area (Å²) in [5, 5.41) is 0. The lowest BCUT2D eigenvalue weighted by atomic mass is 10.1. The van der Waals surface area contributed by atoms with Crippen molar-refractivity contribution in [2.45, 2.75) is 29.8 Å². The third-order valence-electron chi connectivity index (χ3n) is 5.67. The lowest BCUT2D eigenvalue weighted by molar-refractivity contribution is -0.139. The molecule has 0 saturated carbocycles. The van der Waals surface area contributed by atoms with E-state index in [0.717, 1.165) is 54.7 Å². The second-order valence-electron chi connectivity index (χ2n) is 8.69. The molecule has 1 saturated heterocycles. The van der Waals surface area contributed by atoms with Crippen molar-refractivity contribution in [3.8, 4) is 17.4 Å². The fourth-order valence-corrected chi connectivity index (χ4v) is 5.36. The van der Waals surface area contributed by atoms with Crippen LogP contribution in [0, 0.1) is 0 Å². The molecule has 0 bridgehead atoms. The largest absolute Gasteiger partial charge is 0.488 e. The van der Waals surface area contributed by atoms with Crippen molar-refractivity contribution in [3.63, 3.8) is 0 Å². The molecule has 0 radical (unpaired) electrons. The van der Waals surface area contributed by atoms with Gasteiger partial charge >= 0.3 is 12.4 Å². The Balaban J connectivity index is 1.53. The van der Waals surface area contributed by atoms with Crippen LogP contribution in [0.25, 0.3) is 0 Å². The number of anilines is 1. The molecule has 1 fully saturated rings. The molecule has 0 unspecified atom stereocenters. The number of pyridine rings is 1. The number of nitrogens with zero attached hydrogens (tertiary/aromatic N) is 2. The highest BCUT2D eigenvalue weighted by Crippen LogP contribution is 2.39. The van der Waals surface area contributed by atoms with Crippen LogP contribution in [-0.2, 0) is 22.4 Å². The van der Waals surface area contributed by atoms with Crippen molar-refractivity contribution in [2.24, 2.45) is 0 Å². The van der Waals surface area contributed by atoms with Crippen LogP contribution in [0.4, 0.5) is 32.0 Å². The number of aromatic nitrogens is 1. The van der Waals surface area contributed by atoms with E-state index in [1.54, 1.807) is 0 Å². The van der Waals surface area contributed by atoms with E-state index >= 15 is 0 Å². The van der Waals surface area contributed by atoms with Gasteiger partial charge in [0.1, 0.15) is 22.5 Å². The number of rotatable bonds is 7. The molecular formula is C24H20BrF6N3O4S. The van der Waals surface area contributed by atoms with Gasteiger partial charge in [0.15, 0.2) is 0 Å². The van der Waals surface area contributed by atoms with Crippen LogP contribution in [0.1, 0.15) is 17.5 Å². The molecule has 1 aliphatic rings. The molecule has 4 rings (SSSR count). The number of likely N-dealkylation sites (tertiary alicyclic amines) is 1. The number of ether oxygens (including phenoxy) is 2. The molecule has 39 heavy (non-hydrogen) atoms. The highest BCUT2D eigenvalue weighted by molar-refractivity contribution is 9.10. The van der Waals surface area contributed by atoms with Crippen molar-refractivity contribution >= 4 is 31.6 Å². The molecule has 1 N–H and O–H groups in total. The summed E-state index contributed by atoms with van der Waals surface area (Å²) in [5.74, 6) is -0.598. The van der Waals surface area contributed by atoms with Gasteiger partial charge in [0, 0.05) is 19.2 Å². The first-order valence-electron chi connectivity index (χ1n) is 11.2. The second kappa shape index (κ2) is 10.8. The van der Waals surface area contributed by atoms with Gasteiger partial charge in [-0.1, -0.05) is 0 Å². The van der Waals surface area contributed by atoms with Crippen LogP contribution in [0.15, 0.2) is 64.1 Å². The molecule has 0 amide bonds. The molecule has 2 heterocycles. The number of halogens is 7. The molecule has 210 valence electrons. The van der Waals surface area contributed by atoms with Crippen molar-refractivity contribution in [2.75, 3.05) is 24.9 Å².